The summed E-state index contributed by atoms with van der Waals surface area (Å²) in [4.78, 5) is 33.1. The summed E-state index contributed by atoms with van der Waals surface area (Å²) in [7, 11) is 0. The van der Waals surface area contributed by atoms with Gasteiger partial charge in [-0.15, -0.1) is 0 Å². The Hall–Kier alpha value is -1.39. The number of hydrogen-bond acceptors (Lipinski definition) is 4. The zero-order valence-electron chi connectivity index (χ0n) is 10.2. The molecule has 0 aliphatic rings. The second kappa shape index (κ2) is 6.25. The molecule has 0 aliphatic heterocycles. The van der Waals surface area contributed by atoms with E-state index in [2.05, 4.69) is 5.32 Å². The van der Waals surface area contributed by atoms with Crippen molar-refractivity contribution < 1.29 is 19.1 Å². The van der Waals surface area contributed by atoms with Crippen LogP contribution in [0.1, 0.15) is 40.5 Å². The Kier molecular flexibility index (Phi) is 5.71. The third-order valence-electron chi connectivity index (χ3n) is 1.76. The summed E-state index contributed by atoms with van der Waals surface area (Å²) in [5, 5.41) is 2.38. The van der Waals surface area contributed by atoms with Gasteiger partial charge >= 0.3 is 6.09 Å². The largest absolute Gasteiger partial charge is 0.444 e. The van der Waals surface area contributed by atoms with Gasteiger partial charge in [0, 0.05) is 12.8 Å². The highest BCUT2D eigenvalue weighted by Gasteiger charge is 2.22. The second-order valence-electron chi connectivity index (χ2n) is 4.42. The standard InChI is InChI=1S/C11H19NO4/c1-5-9(14)8(6-7-13)12-10(15)16-11(2,3)4/h7-8H,5-6H2,1-4H3,(H,12,15). The first-order valence-corrected chi connectivity index (χ1v) is 5.26. The van der Waals surface area contributed by atoms with Gasteiger partial charge < -0.3 is 14.8 Å². The molecule has 1 N–H and O–H groups in total. The molecule has 0 fully saturated rings. The van der Waals surface area contributed by atoms with E-state index in [9.17, 15) is 14.4 Å². The van der Waals surface area contributed by atoms with Crippen molar-refractivity contribution in [1.82, 2.24) is 5.32 Å². The molecule has 0 aromatic carbocycles. The molecule has 5 heteroatoms. The first kappa shape index (κ1) is 14.6. The monoisotopic (exact) mass is 229 g/mol. The molecule has 0 aromatic rings. The molecule has 0 heterocycles. The van der Waals surface area contributed by atoms with Crippen LogP contribution in [-0.4, -0.2) is 29.8 Å². The van der Waals surface area contributed by atoms with Crippen LogP contribution >= 0.6 is 0 Å². The third-order valence-corrected chi connectivity index (χ3v) is 1.76. The van der Waals surface area contributed by atoms with E-state index in [1.807, 2.05) is 0 Å². The first-order valence-electron chi connectivity index (χ1n) is 5.26. The summed E-state index contributed by atoms with van der Waals surface area (Å²) in [6.45, 7) is 6.85. The summed E-state index contributed by atoms with van der Waals surface area (Å²) >= 11 is 0. The van der Waals surface area contributed by atoms with Crippen molar-refractivity contribution in [1.29, 1.82) is 0 Å². The van der Waals surface area contributed by atoms with E-state index in [0.29, 0.717) is 6.29 Å². The van der Waals surface area contributed by atoms with Crippen LogP contribution < -0.4 is 5.32 Å². The molecule has 92 valence electrons. The van der Waals surface area contributed by atoms with E-state index in [1.165, 1.54) is 0 Å². The number of rotatable bonds is 5. The molecule has 0 spiro atoms. The first-order chi connectivity index (χ1) is 7.30. The quantitative estimate of drug-likeness (QED) is 0.724. The predicted octanol–water partition coefficient (Wildman–Crippen LogP) is 1.45. The van der Waals surface area contributed by atoms with Gasteiger partial charge in [-0.1, -0.05) is 6.92 Å². The average Bonchev–Trinajstić information content (AvgIpc) is 2.13. The summed E-state index contributed by atoms with van der Waals surface area (Å²) < 4.78 is 4.99. The van der Waals surface area contributed by atoms with Crippen molar-refractivity contribution >= 4 is 18.2 Å². The molecule has 0 rings (SSSR count). The number of alkyl carbamates (subject to hydrolysis) is 1. The molecule has 1 unspecified atom stereocenters. The number of amides is 1. The van der Waals surface area contributed by atoms with Crippen molar-refractivity contribution in [2.24, 2.45) is 0 Å². The highest BCUT2D eigenvalue weighted by Crippen LogP contribution is 2.07. The normalized spacial score (nSPS) is 12.8. The van der Waals surface area contributed by atoms with E-state index >= 15 is 0 Å². The van der Waals surface area contributed by atoms with Crippen LogP contribution in [0.25, 0.3) is 0 Å². The number of Topliss-reactive ketones (excluding diaryl/α,β-unsaturated/α-hetero) is 1. The summed E-state index contributed by atoms with van der Waals surface area (Å²) in [5.41, 5.74) is -0.620. The third kappa shape index (κ3) is 6.16. The van der Waals surface area contributed by atoms with Gasteiger partial charge in [-0.25, -0.2) is 4.79 Å². The highest BCUT2D eigenvalue weighted by molar-refractivity contribution is 5.89. The minimum absolute atomic E-state index is 0.0219. The fourth-order valence-corrected chi connectivity index (χ4v) is 1.06. The minimum Gasteiger partial charge on any atom is -0.444 e. The lowest BCUT2D eigenvalue weighted by Crippen LogP contribution is -2.43. The molecule has 1 atom stereocenters. The van der Waals surface area contributed by atoms with Crippen molar-refractivity contribution in [2.75, 3.05) is 0 Å². The summed E-state index contributed by atoms with van der Waals surface area (Å²) in [5.74, 6) is -0.182. The molecule has 0 radical (unpaired) electrons. The second-order valence-corrected chi connectivity index (χ2v) is 4.42. The van der Waals surface area contributed by atoms with Gasteiger partial charge in [0.2, 0.25) is 0 Å². The smallest absolute Gasteiger partial charge is 0.408 e. The average molecular weight is 229 g/mol. The maximum atomic E-state index is 11.4. The van der Waals surface area contributed by atoms with E-state index in [1.54, 1.807) is 27.7 Å². The van der Waals surface area contributed by atoms with Crippen LogP contribution in [0.15, 0.2) is 0 Å². The Labute approximate surface area is 95.5 Å². The number of ketones is 1. The highest BCUT2D eigenvalue weighted by atomic mass is 16.6. The molecule has 1 amide bonds. The van der Waals surface area contributed by atoms with Crippen LogP contribution in [0.2, 0.25) is 0 Å². The Morgan fingerprint density at radius 3 is 2.31 bits per heavy atom. The number of nitrogens with one attached hydrogen (secondary N) is 1. The number of aldehydes is 1. The fourth-order valence-electron chi connectivity index (χ4n) is 1.06. The van der Waals surface area contributed by atoms with Crippen molar-refractivity contribution in [3.63, 3.8) is 0 Å². The van der Waals surface area contributed by atoms with Gasteiger partial charge in [-0.05, 0) is 20.8 Å². The van der Waals surface area contributed by atoms with Crippen LogP contribution in [0.3, 0.4) is 0 Å². The lowest BCUT2D eigenvalue weighted by atomic mass is 10.1. The number of carbonyl (C=O) groups is 3. The number of hydrogen-bond donors (Lipinski definition) is 1. The van der Waals surface area contributed by atoms with Gasteiger partial charge in [0.05, 0.1) is 6.04 Å². The van der Waals surface area contributed by atoms with E-state index < -0.39 is 17.7 Å². The molecular weight excluding hydrogens is 210 g/mol. The predicted molar refractivity (Wildman–Crippen MR) is 59.1 cm³/mol. The molecule has 0 saturated heterocycles. The zero-order chi connectivity index (χ0) is 12.8. The van der Waals surface area contributed by atoms with Crippen molar-refractivity contribution in [3.05, 3.63) is 0 Å². The molecular formula is C11H19NO4. The molecule has 0 saturated carbocycles. The Morgan fingerprint density at radius 2 is 1.94 bits per heavy atom. The molecule has 0 bridgehead atoms. The zero-order valence-corrected chi connectivity index (χ0v) is 10.2. The Bertz CT molecular complexity index is 268. The molecule has 16 heavy (non-hydrogen) atoms. The summed E-state index contributed by atoms with van der Waals surface area (Å²) in [6.07, 6.45) is 0.177. The van der Waals surface area contributed by atoms with Crippen molar-refractivity contribution in [2.45, 2.75) is 52.2 Å². The van der Waals surface area contributed by atoms with E-state index in [-0.39, 0.29) is 18.6 Å². The van der Waals surface area contributed by atoms with Gasteiger partial charge in [-0.3, -0.25) is 4.79 Å². The van der Waals surface area contributed by atoms with Gasteiger partial charge in [0.1, 0.15) is 11.9 Å². The lowest BCUT2D eigenvalue weighted by molar-refractivity contribution is -0.122. The Balaban J connectivity index is 4.34. The number of carbonyl (C=O) groups excluding carboxylic acids is 3. The van der Waals surface area contributed by atoms with Crippen LogP contribution in [0.5, 0.6) is 0 Å². The molecule has 0 aromatic heterocycles. The van der Waals surface area contributed by atoms with Crippen molar-refractivity contribution in [3.8, 4) is 0 Å². The van der Waals surface area contributed by atoms with Crippen LogP contribution in [0.4, 0.5) is 4.79 Å². The molecule has 0 aliphatic carbocycles. The maximum Gasteiger partial charge on any atom is 0.408 e. The SMILES string of the molecule is CCC(=O)C(CC=O)NC(=O)OC(C)(C)C. The topological polar surface area (TPSA) is 72.5 Å². The summed E-state index contributed by atoms with van der Waals surface area (Å²) in [6, 6.07) is -0.780. The van der Waals surface area contributed by atoms with Crippen LogP contribution in [-0.2, 0) is 14.3 Å². The van der Waals surface area contributed by atoms with Gasteiger partial charge in [0.25, 0.3) is 0 Å². The molecule has 5 nitrogen and oxygen atoms in total. The Morgan fingerprint density at radius 1 is 1.38 bits per heavy atom. The minimum atomic E-state index is -0.780. The maximum absolute atomic E-state index is 11.4. The van der Waals surface area contributed by atoms with Gasteiger partial charge in [-0.2, -0.15) is 0 Å². The van der Waals surface area contributed by atoms with Gasteiger partial charge in [0.15, 0.2) is 5.78 Å². The van der Waals surface area contributed by atoms with E-state index in [4.69, 9.17) is 4.74 Å². The number of ether oxygens (including phenoxy) is 1. The van der Waals surface area contributed by atoms with E-state index in [0.717, 1.165) is 0 Å². The lowest BCUT2D eigenvalue weighted by Gasteiger charge is -2.22. The fraction of sp³-hybridized carbons (Fsp3) is 0.727. The van der Waals surface area contributed by atoms with Crippen LogP contribution in [0, 0.1) is 0 Å².